The van der Waals surface area contributed by atoms with Gasteiger partial charge < -0.3 is 19.9 Å². The van der Waals surface area contributed by atoms with Crippen molar-refractivity contribution in [2.75, 3.05) is 12.4 Å². The normalized spacial score (nSPS) is 16.3. The molecule has 2 aromatic carbocycles. The van der Waals surface area contributed by atoms with Gasteiger partial charge in [-0.3, -0.25) is 0 Å². The summed E-state index contributed by atoms with van der Waals surface area (Å²) in [6.07, 6.45) is 0.471. The highest BCUT2D eigenvalue weighted by molar-refractivity contribution is 5.96. The van der Waals surface area contributed by atoms with Crippen LogP contribution in [0.5, 0.6) is 11.5 Å². The first-order valence-electron chi connectivity index (χ1n) is 7.92. The van der Waals surface area contributed by atoms with Gasteiger partial charge in [0, 0.05) is 24.2 Å². The number of methoxy groups -OCH3 is 1. The summed E-state index contributed by atoms with van der Waals surface area (Å²) in [7, 11) is 1.62. The number of rotatable bonds is 4. The van der Waals surface area contributed by atoms with Gasteiger partial charge in [0.25, 0.3) is 0 Å². The SMILES string of the molecule is COc1ccc(NCc2cc(C)c3c(c2O)C(=O)O[C@H](C)C3)cc1. The van der Waals surface area contributed by atoms with Crippen molar-refractivity contribution >= 4 is 11.7 Å². The number of benzene rings is 2. The summed E-state index contributed by atoms with van der Waals surface area (Å²) in [5.41, 5.74) is 3.76. The molecular formula is C19H21NO4. The van der Waals surface area contributed by atoms with E-state index in [1.165, 1.54) is 0 Å². The fourth-order valence-electron chi connectivity index (χ4n) is 3.01. The highest BCUT2D eigenvalue weighted by Gasteiger charge is 2.29. The maximum atomic E-state index is 12.1. The molecule has 1 aliphatic rings. The van der Waals surface area contributed by atoms with Gasteiger partial charge in [-0.1, -0.05) is 6.07 Å². The predicted octanol–water partition coefficient (Wildman–Crippen LogP) is 3.42. The van der Waals surface area contributed by atoms with E-state index in [2.05, 4.69) is 5.32 Å². The summed E-state index contributed by atoms with van der Waals surface area (Å²) in [6.45, 7) is 4.23. The van der Waals surface area contributed by atoms with E-state index in [1.807, 2.05) is 44.2 Å². The number of hydrogen-bond acceptors (Lipinski definition) is 5. The Morgan fingerprint density at radius 3 is 2.71 bits per heavy atom. The maximum Gasteiger partial charge on any atom is 0.342 e. The van der Waals surface area contributed by atoms with E-state index in [0.717, 1.165) is 22.6 Å². The summed E-state index contributed by atoms with van der Waals surface area (Å²) >= 11 is 0. The summed E-state index contributed by atoms with van der Waals surface area (Å²) in [6, 6.07) is 9.45. The smallest absolute Gasteiger partial charge is 0.342 e. The third-order valence-electron chi connectivity index (χ3n) is 4.29. The van der Waals surface area contributed by atoms with Gasteiger partial charge in [0.15, 0.2) is 0 Å². The molecule has 0 unspecified atom stereocenters. The minimum atomic E-state index is -0.448. The molecule has 126 valence electrons. The van der Waals surface area contributed by atoms with Gasteiger partial charge in [0.05, 0.1) is 7.11 Å². The Kier molecular flexibility index (Phi) is 4.34. The third kappa shape index (κ3) is 3.02. The molecule has 0 bridgehead atoms. The average Bonchev–Trinajstić information content (AvgIpc) is 2.56. The molecule has 3 rings (SSSR count). The molecule has 0 saturated carbocycles. The van der Waals surface area contributed by atoms with Crippen LogP contribution in [0.4, 0.5) is 5.69 Å². The topological polar surface area (TPSA) is 67.8 Å². The summed E-state index contributed by atoms with van der Waals surface area (Å²) in [5.74, 6) is 0.342. The molecule has 24 heavy (non-hydrogen) atoms. The van der Waals surface area contributed by atoms with Crippen molar-refractivity contribution in [2.45, 2.75) is 32.9 Å². The van der Waals surface area contributed by atoms with E-state index in [0.29, 0.717) is 24.1 Å². The second kappa shape index (κ2) is 6.43. The zero-order valence-electron chi connectivity index (χ0n) is 14.1. The number of anilines is 1. The second-order valence-electron chi connectivity index (χ2n) is 6.06. The molecule has 1 atom stereocenters. The van der Waals surface area contributed by atoms with Crippen LogP contribution >= 0.6 is 0 Å². The Balaban J connectivity index is 1.85. The number of esters is 1. The summed E-state index contributed by atoms with van der Waals surface area (Å²) in [4.78, 5) is 12.1. The molecule has 0 aromatic heterocycles. The lowest BCUT2D eigenvalue weighted by atomic mass is 9.91. The fourth-order valence-corrected chi connectivity index (χ4v) is 3.01. The van der Waals surface area contributed by atoms with Crippen LogP contribution in [-0.4, -0.2) is 24.3 Å². The standard InChI is InChI=1S/C19H21NO4/c1-11-8-13(10-20-14-4-6-15(23-3)7-5-14)18(21)17-16(11)9-12(2)24-19(17)22/h4-8,12,20-21H,9-10H2,1-3H3/t12-/m1/s1. The van der Waals surface area contributed by atoms with Crippen LogP contribution in [0.2, 0.25) is 0 Å². The minimum Gasteiger partial charge on any atom is -0.507 e. The Labute approximate surface area is 141 Å². The quantitative estimate of drug-likeness (QED) is 0.842. The number of phenols is 1. The monoisotopic (exact) mass is 327 g/mol. The second-order valence-corrected chi connectivity index (χ2v) is 6.06. The third-order valence-corrected chi connectivity index (χ3v) is 4.29. The molecular weight excluding hydrogens is 306 g/mol. The molecule has 0 amide bonds. The van der Waals surface area contributed by atoms with Crippen LogP contribution in [0.1, 0.15) is 34.0 Å². The van der Waals surface area contributed by atoms with Gasteiger partial charge in [0.2, 0.25) is 0 Å². The van der Waals surface area contributed by atoms with E-state index in [1.54, 1.807) is 7.11 Å². The molecule has 0 fully saturated rings. The van der Waals surface area contributed by atoms with E-state index in [4.69, 9.17) is 9.47 Å². The van der Waals surface area contributed by atoms with E-state index in [-0.39, 0.29) is 11.9 Å². The number of nitrogens with one attached hydrogen (secondary N) is 1. The lowest BCUT2D eigenvalue weighted by molar-refractivity contribution is 0.0296. The molecule has 0 saturated heterocycles. The molecule has 1 heterocycles. The Morgan fingerprint density at radius 1 is 1.33 bits per heavy atom. The van der Waals surface area contributed by atoms with Crippen molar-refractivity contribution in [1.29, 1.82) is 0 Å². The Hall–Kier alpha value is -2.69. The molecule has 0 spiro atoms. The number of phenolic OH excluding ortho intramolecular Hbond substituents is 1. The van der Waals surface area contributed by atoms with E-state index in [9.17, 15) is 9.90 Å². The molecule has 2 N–H and O–H groups in total. The number of carbonyl (C=O) groups is 1. The van der Waals surface area contributed by atoms with Crippen molar-refractivity contribution in [3.8, 4) is 11.5 Å². The van der Waals surface area contributed by atoms with Crippen LogP contribution in [-0.2, 0) is 17.7 Å². The van der Waals surface area contributed by atoms with Crippen molar-refractivity contribution in [2.24, 2.45) is 0 Å². The first-order valence-corrected chi connectivity index (χ1v) is 7.92. The lowest BCUT2D eigenvalue weighted by Gasteiger charge is -2.25. The zero-order chi connectivity index (χ0) is 17.3. The minimum absolute atomic E-state index is 0.00788. The summed E-state index contributed by atoms with van der Waals surface area (Å²) < 4.78 is 10.4. The van der Waals surface area contributed by atoms with Crippen molar-refractivity contribution in [3.05, 3.63) is 52.6 Å². The number of ether oxygens (including phenoxy) is 2. The molecule has 0 radical (unpaired) electrons. The summed E-state index contributed by atoms with van der Waals surface area (Å²) in [5, 5.41) is 13.8. The molecule has 5 nitrogen and oxygen atoms in total. The zero-order valence-corrected chi connectivity index (χ0v) is 14.1. The van der Waals surface area contributed by atoms with Gasteiger partial charge in [-0.15, -0.1) is 0 Å². The number of carbonyl (C=O) groups excluding carboxylic acids is 1. The highest BCUT2D eigenvalue weighted by atomic mass is 16.5. The largest absolute Gasteiger partial charge is 0.507 e. The lowest BCUT2D eigenvalue weighted by Crippen LogP contribution is -2.26. The van der Waals surface area contributed by atoms with Gasteiger partial charge in [-0.25, -0.2) is 4.79 Å². The van der Waals surface area contributed by atoms with Gasteiger partial charge in [0.1, 0.15) is 23.2 Å². The number of hydrogen-bond donors (Lipinski definition) is 2. The fraction of sp³-hybridized carbons (Fsp3) is 0.316. The number of cyclic esters (lactones) is 1. The molecule has 0 aliphatic carbocycles. The molecule has 5 heteroatoms. The van der Waals surface area contributed by atoms with E-state index >= 15 is 0 Å². The van der Waals surface area contributed by atoms with Crippen LogP contribution in [0, 0.1) is 6.92 Å². The predicted molar refractivity (Wildman–Crippen MR) is 91.7 cm³/mol. The van der Waals surface area contributed by atoms with Crippen LogP contribution in [0.25, 0.3) is 0 Å². The van der Waals surface area contributed by atoms with Crippen LogP contribution in [0.3, 0.4) is 0 Å². The first kappa shape index (κ1) is 16.2. The average molecular weight is 327 g/mol. The number of fused-ring (bicyclic) bond motifs is 1. The molecule has 1 aliphatic heterocycles. The van der Waals surface area contributed by atoms with Crippen molar-refractivity contribution < 1.29 is 19.4 Å². The van der Waals surface area contributed by atoms with Gasteiger partial charge in [-0.05, 0) is 49.2 Å². The van der Waals surface area contributed by atoms with Gasteiger partial charge >= 0.3 is 5.97 Å². The Bertz CT molecular complexity index is 768. The highest BCUT2D eigenvalue weighted by Crippen LogP contribution is 2.34. The van der Waals surface area contributed by atoms with Crippen molar-refractivity contribution in [1.82, 2.24) is 0 Å². The molecule has 2 aromatic rings. The van der Waals surface area contributed by atoms with Crippen LogP contribution in [0.15, 0.2) is 30.3 Å². The Morgan fingerprint density at radius 2 is 2.04 bits per heavy atom. The van der Waals surface area contributed by atoms with E-state index < -0.39 is 5.97 Å². The maximum absolute atomic E-state index is 12.1. The first-order chi connectivity index (χ1) is 11.5. The van der Waals surface area contributed by atoms with Crippen LogP contribution < -0.4 is 10.1 Å². The number of aromatic hydroxyl groups is 1. The number of aryl methyl sites for hydroxylation is 1. The van der Waals surface area contributed by atoms with Gasteiger partial charge in [-0.2, -0.15) is 0 Å². The van der Waals surface area contributed by atoms with Crippen molar-refractivity contribution in [3.63, 3.8) is 0 Å².